The summed E-state index contributed by atoms with van der Waals surface area (Å²) in [5, 5.41) is 4.73. The molecule has 4 rings (SSSR count). The highest BCUT2D eigenvalue weighted by atomic mass is 32.1. The van der Waals surface area contributed by atoms with Crippen LogP contribution in [0.3, 0.4) is 0 Å². The fraction of sp³-hybridized carbons (Fsp3) is 0.105. The molecule has 0 bridgehead atoms. The Morgan fingerprint density at radius 1 is 1.04 bits per heavy atom. The summed E-state index contributed by atoms with van der Waals surface area (Å²) in [6.45, 7) is 0.0867. The highest BCUT2D eigenvalue weighted by molar-refractivity contribution is 7.13. The number of thiophene rings is 1. The first-order chi connectivity index (χ1) is 12.8. The van der Waals surface area contributed by atoms with Gasteiger partial charge in [0.25, 0.3) is 0 Å². The van der Waals surface area contributed by atoms with Crippen LogP contribution in [0, 0.1) is 0 Å². The molecule has 7 heteroatoms. The standard InChI is InChI=1S/C19H14N2O3S2/c22-17(9-14-12-26-19(21-14)13-5-2-1-3-6-13)23-10-15-11-24-18(20-15)16-7-4-8-25-16/h1-8,11-12H,9-10H2. The summed E-state index contributed by atoms with van der Waals surface area (Å²) >= 11 is 3.06. The Labute approximate surface area is 157 Å². The Kier molecular flexibility index (Phi) is 4.90. The third-order valence-electron chi connectivity index (χ3n) is 3.56. The molecule has 130 valence electrons. The van der Waals surface area contributed by atoms with E-state index in [1.54, 1.807) is 11.3 Å². The first-order valence-corrected chi connectivity index (χ1v) is 9.67. The van der Waals surface area contributed by atoms with E-state index in [0.717, 1.165) is 15.4 Å². The van der Waals surface area contributed by atoms with E-state index in [-0.39, 0.29) is 19.0 Å². The fourth-order valence-corrected chi connectivity index (χ4v) is 3.82. The third kappa shape index (κ3) is 3.89. The average molecular weight is 382 g/mol. The molecule has 1 aromatic carbocycles. The summed E-state index contributed by atoms with van der Waals surface area (Å²) in [7, 11) is 0. The molecular weight excluding hydrogens is 368 g/mol. The number of carbonyl (C=O) groups excluding carboxylic acids is 1. The molecule has 4 aromatic rings. The molecule has 0 N–H and O–H groups in total. The Morgan fingerprint density at radius 3 is 2.73 bits per heavy atom. The van der Waals surface area contributed by atoms with Crippen LogP contribution in [0.2, 0.25) is 0 Å². The van der Waals surface area contributed by atoms with E-state index in [2.05, 4.69) is 9.97 Å². The average Bonchev–Trinajstić information content (AvgIpc) is 3.41. The summed E-state index contributed by atoms with van der Waals surface area (Å²) in [5.41, 5.74) is 2.34. The van der Waals surface area contributed by atoms with Gasteiger partial charge in [-0.3, -0.25) is 4.79 Å². The molecule has 0 atom stereocenters. The maximum atomic E-state index is 12.1. The van der Waals surface area contributed by atoms with Crippen molar-refractivity contribution in [3.8, 4) is 21.3 Å². The van der Waals surface area contributed by atoms with Gasteiger partial charge in [0.2, 0.25) is 5.89 Å². The highest BCUT2D eigenvalue weighted by Gasteiger charge is 2.12. The fourth-order valence-electron chi connectivity index (χ4n) is 2.34. The Morgan fingerprint density at radius 2 is 1.92 bits per heavy atom. The van der Waals surface area contributed by atoms with Crippen LogP contribution >= 0.6 is 22.7 Å². The lowest BCUT2D eigenvalue weighted by atomic mass is 10.2. The van der Waals surface area contributed by atoms with Gasteiger partial charge in [0.15, 0.2) is 0 Å². The van der Waals surface area contributed by atoms with Gasteiger partial charge < -0.3 is 9.15 Å². The smallest absolute Gasteiger partial charge is 0.312 e. The van der Waals surface area contributed by atoms with Gasteiger partial charge in [0, 0.05) is 10.9 Å². The number of rotatable bonds is 6. The molecule has 0 aliphatic rings. The van der Waals surface area contributed by atoms with E-state index in [9.17, 15) is 4.79 Å². The normalized spacial score (nSPS) is 10.8. The van der Waals surface area contributed by atoms with Crippen molar-refractivity contribution in [3.05, 3.63) is 70.9 Å². The van der Waals surface area contributed by atoms with Crippen LogP contribution in [0.15, 0.2) is 63.9 Å². The number of thiazole rings is 1. The molecule has 0 saturated heterocycles. The Hall–Kier alpha value is -2.77. The van der Waals surface area contributed by atoms with Gasteiger partial charge in [-0.05, 0) is 11.4 Å². The maximum Gasteiger partial charge on any atom is 0.312 e. The van der Waals surface area contributed by atoms with E-state index < -0.39 is 0 Å². The van der Waals surface area contributed by atoms with Gasteiger partial charge in [-0.25, -0.2) is 9.97 Å². The van der Waals surface area contributed by atoms with Gasteiger partial charge in [-0.15, -0.1) is 22.7 Å². The quantitative estimate of drug-likeness (QED) is 0.448. The predicted molar refractivity (Wildman–Crippen MR) is 101 cm³/mol. The van der Waals surface area contributed by atoms with Crippen molar-refractivity contribution in [1.29, 1.82) is 0 Å². The van der Waals surface area contributed by atoms with Crippen LogP contribution in [-0.4, -0.2) is 15.9 Å². The van der Waals surface area contributed by atoms with Gasteiger partial charge in [-0.1, -0.05) is 36.4 Å². The zero-order valence-electron chi connectivity index (χ0n) is 13.6. The SMILES string of the molecule is O=C(Cc1csc(-c2ccccc2)n1)OCc1coc(-c2cccs2)n1. The Balaban J connectivity index is 1.33. The molecule has 0 fully saturated rings. The number of oxazole rings is 1. The number of benzene rings is 1. The van der Waals surface area contributed by atoms with E-state index in [1.807, 2.05) is 53.2 Å². The van der Waals surface area contributed by atoms with Crippen LogP contribution < -0.4 is 0 Å². The molecule has 0 radical (unpaired) electrons. The number of ether oxygens (including phenoxy) is 1. The van der Waals surface area contributed by atoms with Crippen LogP contribution in [0.4, 0.5) is 0 Å². The van der Waals surface area contributed by atoms with Crippen molar-refractivity contribution < 1.29 is 13.9 Å². The van der Waals surface area contributed by atoms with E-state index in [1.165, 1.54) is 17.6 Å². The van der Waals surface area contributed by atoms with Crippen LogP contribution in [0.25, 0.3) is 21.3 Å². The second kappa shape index (κ2) is 7.63. The molecule has 3 heterocycles. The summed E-state index contributed by atoms with van der Waals surface area (Å²) in [4.78, 5) is 21.8. The lowest BCUT2D eigenvalue weighted by molar-refractivity contribution is -0.144. The minimum atomic E-state index is -0.337. The van der Waals surface area contributed by atoms with E-state index >= 15 is 0 Å². The molecular formula is C19H14N2O3S2. The zero-order chi connectivity index (χ0) is 17.8. The monoisotopic (exact) mass is 382 g/mol. The summed E-state index contributed by atoms with van der Waals surface area (Å²) in [5.74, 6) is 0.202. The van der Waals surface area contributed by atoms with Gasteiger partial charge in [0.05, 0.1) is 17.0 Å². The maximum absolute atomic E-state index is 12.1. The van der Waals surface area contributed by atoms with Crippen LogP contribution in [0.5, 0.6) is 0 Å². The first-order valence-electron chi connectivity index (χ1n) is 7.91. The highest BCUT2D eigenvalue weighted by Crippen LogP contribution is 2.25. The van der Waals surface area contributed by atoms with Crippen molar-refractivity contribution in [3.63, 3.8) is 0 Å². The molecule has 0 spiro atoms. The number of hydrogen-bond donors (Lipinski definition) is 0. The number of carbonyl (C=O) groups is 1. The van der Waals surface area contributed by atoms with Crippen LogP contribution in [0.1, 0.15) is 11.4 Å². The molecule has 3 aromatic heterocycles. The lowest BCUT2D eigenvalue weighted by Crippen LogP contribution is -2.08. The van der Waals surface area contributed by atoms with Gasteiger partial charge in [0.1, 0.15) is 23.6 Å². The minimum Gasteiger partial charge on any atom is -0.459 e. The molecule has 5 nitrogen and oxygen atoms in total. The van der Waals surface area contributed by atoms with E-state index in [4.69, 9.17) is 9.15 Å². The van der Waals surface area contributed by atoms with Crippen molar-refractivity contribution in [1.82, 2.24) is 9.97 Å². The van der Waals surface area contributed by atoms with Gasteiger partial charge >= 0.3 is 5.97 Å². The number of esters is 1. The summed E-state index contributed by atoms with van der Waals surface area (Å²) < 4.78 is 10.7. The molecule has 0 unspecified atom stereocenters. The number of aromatic nitrogens is 2. The lowest BCUT2D eigenvalue weighted by Gasteiger charge is -2.00. The largest absolute Gasteiger partial charge is 0.459 e. The van der Waals surface area contributed by atoms with E-state index in [0.29, 0.717) is 17.3 Å². The van der Waals surface area contributed by atoms with Gasteiger partial charge in [-0.2, -0.15) is 0 Å². The second-order valence-electron chi connectivity index (χ2n) is 5.47. The van der Waals surface area contributed by atoms with Crippen molar-refractivity contribution in [2.75, 3.05) is 0 Å². The van der Waals surface area contributed by atoms with Crippen LogP contribution in [-0.2, 0) is 22.6 Å². The third-order valence-corrected chi connectivity index (χ3v) is 5.36. The molecule has 0 aliphatic heterocycles. The number of hydrogen-bond acceptors (Lipinski definition) is 7. The second-order valence-corrected chi connectivity index (χ2v) is 7.27. The van der Waals surface area contributed by atoms with Crippen molar-refractivity contribution in [2.24, 2.45) is 0 Å². The predicted octanol–water partition coefficient (Wildman–Crippen LogP) is 4.81. The number of nitrogens with zero attached hydrogens (tertiary/aromatic N) is 2. The minimum absolute atomic E-state index is 0.0867. The summed E-state index contributed by atoms with van der Waals surface area (Å²) in [6.07, 6.45) is 1.65. The first kappa shape index (κ1) is 16.7. The zero-order valence-corrected chi connectivity index (χ0v) is 15.3. The Bertz CT molecular complexity index is 991. The molecule has 0 aliphatic carbocycles. The summed E-state index contributed by atoms with van der Waals surface area (Å²) in [6, 6.07) is 13.7. The van der Waals surface area contributed by atoms with Crippen molar-refractivity contribution >= 4 is 28.6 Å². The van der Waals surface area contributed by atoms with Crippen molar-refractivity contribution in [2.45, 2.75) is 13.0 Å². The molecule has 0 amide bonds. The molecule has 26 heavy (non-hydrogen) atoms. The molecule has 0 saturated carbocycles. The topological polar surface area (TPSA) is 65.2 Å².